The predicted molar refractivity (Wildman–Crippen MR) is 81.4 cm³/mol. The lowest BCUT2D eigenvalue weighted by molar-refractivity contribution is -0.137. The number of benzene rings is 1. The van der Waals surface area contributed by atoms with Gasteiger partial charge in [-0.2, -0.15) is 0 Å². The zero-order chi connectivity index (χ0) is 15.5. The summed E-state index contributed by atoms with van der Waals surface area (Å²) in [5.41, 5.74) is 0.899. The van der Waals surface area contributed by atoms with E-state index in [1.165, 1.54) is 0 Å². The molecule has 1 heterocycles. The largest absolute Gasteiger partial charge is 0.481 e. The number of rotatable bonds is 5. The molecule has 1 N–H and O–H groups in total. The highest BCUT2D eigenvalue weighted by molar-refractivity contribution is 7.91. The number of hydrogen-bond acceptors (Lipinski definition) is 4. The minimum Gasteiger partial charge on any atom is -0.481 e. The van der Waals surface area contributed by atoms with Gasteiger partial charge in [0.25, 0.3) is 0 Å². The Morgan fingerprint density at radius 2 is 1.95 bits per heavy atom. The summed E-state index contributed by atoms with van der Waals surface area (Å²) in [6.07, 6.45) is 3.05. The maximum absolute atomic E-state index is 11.8. The van der Waals surface area contributed by atoms with Gasteiger partial charge in [-0.25, -0.2) is 8.42 Å². The first-order valence-corrected chi connectivity index (χ1v) is 8.90. The van der Waals surface area contributed by atoms with Crippen LogP contribution in [0.3, 0.4) is 0 Å². The Kier molecular flexibility index (Phi) is 4.88. The molecule has 1 fully saturated rings. The Morgan fingerprint density at radius 1 is 1.29 bits per heavy atom. The van der Waals surface area contributed by atoms with Crippen molar-refractivity contribution in [2.75, 3.05) is 17.2 Å². The highest BCUT2D eigenvalue weighted by atomic mass is 32.2. The van der Waals surface area contributed by atoms with E-state index in [1.54, 1.807) is 31.2 Å². The van der Waals surface area contributed by atoms with E-state index in [2.05, 4.69) is 4.90 Å². The minimum absolute atomic E-state index is 0.00937. The van der Waals surface area contributed by atoms with Crippen molar-refractivity contribution in [3.8, 4) is 0 Å². The normalized spacial score (nSPS) is 19.5. The molecule has 21 heavy (non-hydrogen) atoms. The minimum atomic E-state index is -3.19. The van der Waals surface area contributed by atoms with Gasteiger partial charge in [-0.15, -0.1) is 0 Å². The van der Waals surface area contributed by atoms with Gasteiger partial charge >= 0.3 is 5.97 Å². The Bertz CT molecular complexity index is 595. The van der Waals surface area contributed by atoms with Gasteiger partial charge in [0.1, 0.15) is 0 Å². The maximum atomic E-state index is 11.8. The molecule has 0 spiro atoms. The number of piperidine rings is 1. The summed E-state index contributed by atoms with van der Waals surface area (Å²) in [5, 5.41) is 9.01. The third-order valence-electron chi connectivity index (χ3n) is 3.94. The zero-order valence-electron chi connectivity index (χ0n) is 12.2. The number of carboxylic acids is 1. The van der Waals surface area contributed by atoms with Crippen LogP contribution < -0.4 is 4.90 Å². The lowest BCUT2D eigenvalue weighted by Gasteiger charge is -2.37. The van der Waals surface area contributed by atoms with Crippen LogP contribution in [0.2, 0.25) is 0 Å². The van der Waals surface area contributed by atoms with Crippen LogP contribution in [0.15, 0.2) is 29.2 Å². The summed E-state index contributed by atoms with van der Waals surface area (Å²) in [6, 6.07) is 6.77. The molecule has 1 aromatic carbocycles. The summed E-state index contributed by atoms with van der Waals surface area (Å²) in [4.78, 5) is 13.4. The van der Waals surface area contributed by atoms with Crippen molar-refractivity contribution in [3.63, 3.8) is 0 Å². The second kappa shape index (κ2) is 6.47. The van der Waals surface area contributed by atoms with Crippen LogP contribution in [-0.4, -0.2) is 37.8 Å². The Morgan fingerprint density at radius 3 is 2.52 bits per heavy atom. The number of hydrogen-bond donors (Lipinski definition) is 1. The molecule has 6 heteroatoms. The molecule has 1 aliphatic heterocycles. The van der Waals surface area contributed by atoms with Crippen molar-refractivity contribution in [1.29, 1.82) is 0 Å². The summed E-state index contributed by atoms with van der Waals surface area (Å²) in [5.74, 6) is -0.713. The van der Waals surface area contributed by atoms with Gasteiger partial charge in [-0.05, 0) is 43.5 Å². The van der Waals surface area contributed by atoms with Gasteiger partial charge < -0.3 is 10.0 Å². The van der Waals surface area contributed by atoms with Crippen LogP contribution in [0.5, 0.6) is 0 Å². The molecule has 0 aliphatic carbocycles. The molecule has 0 bridgehead atoms. The number of nitrogens with zero attached hydrogens (tertiary/aromatic N) is 1. The van der Waals surface area contributed by atoms with Crippen molar-refractivity contribution in [2.45, 2.75) is 43.5 Å². The molecule has 0 radical (unpaired) electrons. The van der Waals surface area contributed by atoms with Gasteiger partial charge in [-0.1, -0.05) is 6.92 Å². The van der Waals surface area contributed by atoms with Gasteiger partial charge in [0, 0.05) is 18.3 Å². The van der Waals surface area contributed by atoms with E-state index in [0.29, 0.717) is 4.90 Å². The SMILES string of the molecule is CCS(=O)(=O)c1ccc(N2CCCCC2CC(=O)O)cc1. The third-order valence-corrected chi connectivity index (χ3v) is 5.70. The molecule has 1 aromatic rings. The van der Waals surface area contributed by atoms with Gasteiger partial charge in [0.15, 0.2) is 9.84 Å². The maximum Gasteiger partial charge on any atom is 0.305 e. The van der Waals surface area contributed by atoms with Crippen molar-refractivity contribution in [2.24, 2.45) is 0 Å². The molecule has 2 rings (SSSR count). The first kappa shape index (κ1) is 15.8. The van der Waals surface area contributed by atoms with Crippen LogP contribution in [0.1, 0.15) is 32.6 Å². The van der Waals surface area contributed by atoms with Gasteiger partial charge in [-0.3, -0.25) is 4.79 Å². The summed E-state index contributed by atoms with van der Waals surface area (Å²) in [7, 11) is -3.19. The number of carbonyl (C=O) groups is 1. The quantitative estimate of drug-likeness (QED) is 0.903. The van der Waals surface area contributed by atoms with Crippen LogP contribution in [-0.2, 0) is 14.6 Å². The number of aliphatic carboxylic acids is 1. The van der Waals surface area contributed by atoms with E-state index in [-0.39, 0.29) is 18.2 Å². The highest BCUT2D eigenvalue weighted by Crippen LogP contribution is 2.27. The number of sulfone groups is 1. The number of carboxylic acid groups (broad SMARTS) is 1. The molecule has 1 saturated heterocycles. The average Bonchev–Trinajstić information content (AvgIpc) is 2.47. The molecular formula is C15H21NO4S. The van der Waals surface area contributed by atoms with E-state index in [9.17, 15) is 13.2 Å². The second-order valence-corrected chi connectivity index (χ2v) is 7.62. The lowest BCUT2D eigenvalue weighted by atomic mass is 9.98. The highest BCUT2D eigenvalue weighted by Gasteiger charge is 2.25. The summed E-state index contributed by atoms with van der Waals surface area (Å²) >= 11 is 0. The topological polar surface area (TPSA) is 74.7 Å². The van der Waals surface area contributed by atoms with Crippen LogP contribution >= 0.6 is 0 Å². The summed E-state index contributed by atoms with van der Waals surface area (Å²) < 4.78 is 23.6. The molecule has 116 valence electrons. The molecular weight excluding hydrogens is 290 g/mol. The van der Waals surface area contributed by atoms with Gasteiger partial charge in [0.2, 0.25) is 0 Å². The first-order valence-electron chi connectivity index (χ1n) is 7.25. The lowest BCUT2D eigenvalue weighted by Crippen LogP contribution is -2.40. The monoisotopic (exact) mass is 311 g/mol. The summed E-state index contributed by atoms with van der Waals surface area (Å²) in [6.45, 7) is 2.44. The van der Waals surface area contributed by atoms with E-state index in [4.69, 9.17) is 5.11 Å². The van der Waals surface area contributed by atoms with Crippen molar-refractivity contribution in [3.05, 3.63) is 24.3 Å². The predicted octanol–water partition coefficient (Wildman–Crippen LogP) is 2.31. The van der Waals surface area contributed by atoms with Crippen molar-refractivity contribution >= 4 is 21.5 Å². The van der Waals surface area contributed by atoms with E-state index >= 15 is 0 Å². The molecule has 0 amide bonds. The second-order valence-electron chi connectivity index (χ2n) is 5.34. The van der Waals surface area contributed by atoms with Gasteiger partial charge in [0.05, 0.1) is 17.1 Å². The molecule has 5 nitrogen and oxygen atoms in total. The van der Waals surface area contributed by atoms with E-state index in [0.717, 1.165) is 31.5 Å². The smallest absolute Gasteiger partial charge is 0.305 e. The molecule has 1 atom stereocenters. The Balaban J connectivity index is 2.21. The molecule has 0 aromatic heterocycles. The number of anilines is 1. The van der Waals surface area contributed by atoms with Crippen molar-refractivity contribution < 1.29 is 18.3 Å². The fourth-order valence-electron chi connectivity index (χ4n) is 2.77. The van der Waals surface area contributed by atoms with Crippen LogP contribution in [0.25, 0.3) is 0 Å². The fourth-order valence-corrected chi connectivity index (χ4v) is 3.65. The van der Waals surface area contributed by atoms with Crippen molar-refractivity contribution in [1.82, 2.24) is 0 Å². The third kappa shape index (κ3) is 3.75. The molecule has 0 saturated carbocycles. The molecule has 1 aliphatic rings. The average molecular weight is 311 g/mol. The molecule has 1 unspecified atom stereocenters. The standard InChI is InChI=1S/C15H21NO4S/c1-2-21(19,20)14-8-6-12(7-9-14)16-10-4-3-5-13(16)11-15(17)18/h6-9,13H,2-5,10-11H2,1H3,(H,17,18). The fraction of sp³-hybridized carbons (Fsp3) is 0.533. The zero-order valence-corrected chi connectivity index (χ0v) is 13.0. The van der Waals surface area contributed by atoms with Crippen LogP contribution in [0, 0.1) is 0 Å². The van der Waals surface area contributed by atoms with Crippen LogP contribution in [0.4, 0.5) is 5.69 Å². The Labute approximate surface area is 125 Å². The first-order chi connectivity index (χ1) is 9.94. The van der Waals surface area contributed by atoms with E-state index < -0.39 is 15.8 Å². The Hall–Kier alpha value is -1.56. The van der Waals surface area contributed by atoms with E-state index in [1.807, 2.05) is 0 Å².